The highest BCUT2D eigenvalue weighted by atomic mass is 35.5. The molecule has 2 saturated heterocycles. The van der Waals surface area contributed by atoms with E-state index in [1.807, 2.05) is 6.20 Å². The molecule has 1 aromatic rings. The van der Waals surface area contributed by atoms with E-state index >= 15 is 0 Å². The molecule has 0 unspecified atom stereocenters. The van der Waals surface area contributed by atoms with E-state index < -0.39 is 0 Å². The summed E-state index contributed by atoms with van der Waals surface area (Å²) in [6.07, 6.45) is 7.31. The van der Waals surface area contributed by atoms with Gasteiger partial charge < -0.3 is 9.80 Å². The molecule has 110 valence electrons. The van der Waals surface area contributed by atoms with Gasteiger partial charge >= 0.3 is 0 Å². The largest absolute Gasteiger partial charge is 0.371 e. The van der Waals surface area contributed by atoms with Crippen molar-refractivity contribution in [1.82, 2.24) is 9.88 Å². The highest BCUT2D eigenvalue weighted by molar-refractivity contribution is 6.16. The van der Waals surface area contributed by atoms with E-state index in [4.69, 9.17) is 11.6 Å². The second kappa shape index (κ2) is 6.77. The lowest BCUT2D eigenvalue weighted by Gasteiger charge is -2.35. The monoisotopic (exact) mass is 293 g/mol. The van der Waals surface area contributed by atoms with Gasteiger partial charge in [-0.3, -0.25) is 4.98 Å². The minimum atomic E-state index is 0.499. The Hall–Kier alpha value is -0.800. The normalized spacial score (nSPS) is 21.6. The van der Waals surface area contributed by atoms with Crippen molar-refractivity contribution in [3.05, 3.63) is 24.0 Å². The van der Waals surface area contributed by atoms with Gasteiger partial charge in [-0.15, -0.1) is 11.6 Å². The number of hydrogen-bond acceptors (Lipinski definition) is 3. The van der Waals surface area contributed by atoms with Crippen molar-refractivity contribution in [2.24, 2.45) is 5.92 Å². The van der Waals surface area contributed by atoms with E-state index in [1.165, 1.54) is 64.1 Å². The van der Waals surface area contributed by atoms with Gasteiger partial charge in [0.15, 0.2) is 0 Å². The molecule has 0 saturated carbocycles. The van der Waals surface area contributed by atoms with Gasteiger partial charge in [-0.2, -0.15) is 0 Å². The fourth-order valence-corrected chi connectivity index (χ4v) is 3.59. The first-order valence-electron chi connectivity index (χ1n) is 7.83. The molecule has 4 heteroatoms. The van der Waals surface area contributed by atoms with E-state index in [1.54, 1.807) is 0 Å². The Labute approximate surface area is 126 Å². The molecule has 3 rings (SSSR count). The van der Waals surface area contributed by atoms with Crippen LogP contribution in [0.1, 0.15) is 31.4 Å². The van der Waals surface area contributed by atoms with Crippen LogP contribution in [0.15, 0.2) is 18.3 Å². The molecular formula is C16H24ClN3. The number of pyridine rings is 1. The van der Waals surface area contributed by atoms with Crippen molar-refractivity contribution in [2.75, 3.05) is 37.6 Å². The number of anilines is 1. The van der Waals surface area contributed by atoms with Crippen LogP contribution in [0.3, 0.4) is 0 Å². The summed E-state index contributed by atoms with van der Waals surface area (Å²) in [6, 6.07) is 4.24. The third kappa shape index (κ3) is 3.44. The third-order valence-corrected chi connectivity index (χ3v) is 4.91. The second-order valence-corrected chi connectivity index (χ2v) is 6.34. The zero-order valence-electron chi connectivity index (χ0n) is 12.1. The summed E-state index contributed by atoms with van der Waals surface area (Å²) in [7, 11) is 0. The molecule has 0 amide bonds. The maximum absolute atomic E-state index is 5.87. The minimum absolute atomic E-state index is 0.499. The molecule has 0 spiro atoms. The molecule has 1 aromatic heterocycles. The number of nitrogens with zero attached hydrogens (tertiary/aromatic N) is 3. The number of likely N-dealkylation sites (tertiary alicyclic amines) is 1. The van der Waals surface area contributed by atoms with E-state index in [2.05, 4.69) is 26.9 Å². The van der Waals surface area contributed by atoms with Crippen LogP contribution >= 0.6 is 11.6 Å². The van der Waals surface area contributed by atoms with Crippen molar-refractivity contribution in [2.45, 2.75) is 31.6 Å². The zero-order chi connectivity index (χ0) is 13.8. The predicted molar refractivity (Wildman–Crippen MR) is 84.4 cm³/mol. The maximum Gasteiger partial charge on any atom is 0.0648 e. The molecule has 3 heterocycles. The Morgan fingerprint density at radius 3 is 2.60 bits per heavy atom. The SMILES string of the molecule is ClCc1cc(N2CCC(CN3CCCC3)CC2)ccn1. The summed E-state index contributed by atoms with van der Waals surface area (Å²) in [5.74, 6) is 1.39. The highest BCUT2D eigenvalue weighted by Crippen LogP contribution is 2.25. The van der Waals surface area contributed by atoms with Crippen molar-refractivity contribution in [3.63, 3.8) is 0 Å². The lowest BCUT2D eigenvalue weighted by atomic mass is 9.96. The Balaban J connectivity index is 1.52. The molecule has 0 aromatic carbocycles. The van der Waals surface area contributed by atoms with Gasteiger partial charge in [0.05, 0.1) is 11.6 Å². The summed E-state index contributed by atoms with van der Waals surface area (Å²) in [4.78, 5) is 9.41. The number of piperidine rings is 1. The summed E-state index contributed by atoms with van der Waals surface area (Å²) < 4.78 is 0. The van der Waals surface area contributed by atoms with Crippen LogP contribution in [0.25, 0.3) is 0 Å². The summed E-state index contributed by atoms with van der Waals surface area (Å²) in [6.45, 7) is 6.30. The van der Waals surface area contributed by atoms with E-state index in [0.29, 0.717) is 5.88 Å². The third-order valence-electron chi connectivity index (χ3n) is 4.63. The van der Waals surface area contributed by atoms with Crippen molar-refractivity contribution in [3.8, 4) is 0 Å². The average Bonchev–Trinajstić information content (AvgIpc) is 3.01. The topological polar surface area (TPSA) is 19.4 Å². The van der Waals surface area contributed by atoms with Gasteiger partial charge in [0.1, 0.15) is 0 Å². The van der Waals surface area contributed by atoms with Gasteiger partial charge in [0.2, 0.25) is 0 Å². The van der Waals surface area contributed by atoms with Crippen LogP contribution in [-0.4, -0.2) is 42.6 Å². The second-order valence-electron chi connectivity index (χ2n) is 6.08. The standard InChI is InChI=1S/C16H24ClN3/c17-12-15-11-16(3-6-18-15)20-9-4-14(5-10-20)13-19-7-1-2-8-19/h3,6,11,14H,1-2,4-5,7-10,12-13H2. The van der Waals surface area contributed by atoms with Crippen molar-refractivity contribution in [1.29, 1.82) is 0 Å². The number of halogens is 1. The van der Waals surface area contributed by atoms with E-state index in [9.17, 15) is 0 Å². The number of rotatable bonds is 4. The molecule has 2 aliphatic heterocycles. The molecule has 0 aliphatic carbocycles. The summed E-state index contributed by atoms with van der Waals surface area (Å²) in [5.41, 5.74) is 2.26. The predicted octanol–water partition coefficient (Wildman–Crippen LogP) is 3.13. The highest BCUT2D eigenvalue weighted by Gasteiger charge is 2.23. The number of hydrogen-bond donors (Lipinski definition) is 0. The maximum atomic E-state index is 5.87. The van der Waals surface area contributed by atoms with Crippen molar-refractivity contribution >= 4 is 17.3 Å². The molecule has 2 fully saturated rings. The zero-order valence-corrected chi connectivity index (χ0v) is 12.9. The van der Waals surface area contributed by atoms with E-state index in [-0.39, 0.29) is 0 Å². The van der Waals surface area contributed by atoms with Crippen LogP contribution in [-0.2, 0) is 5.88 Å². The fourth-order valence-electron chi connectivity index (χ4n) is 3.44. The van der Waals surface area contributed by atoms with Gasteiger partial charge in [-0.05, 0) is 56.8 Å². The molecule has 0 atom stereocenters. The molecule has 3 nitrogen and oxygen atoms in total. The summed E-state index contributed by atoms with van der Waals surface area (Å²) >= 11 is 5.87. The lowest BCUT2D eigenvalue weighted by Crippen LogP contribution is -2.38. The fraction of sp³-hybridized carbons (Fsp3) is 0.688. The molecule has 0 N–H and O–H groups in total. The van der Waals surface area contributed by atoms with Crippen molar-refractivity contribution < 1.29 is 0 Å². The molecule has 0 radical (unpaired) electrons. The van der Waals surface area contributed by atoms with Crippen LogP contribution in [0, 0.1) is 5.92 Å². The molecule has 0 bridgehead atoms. The van der Waals surface area contributed by atoms with Gasteiger partial charge in [-0.1, -0.05) is 0 Å². The van der Waals surface area contributed by atoms with Gasteiger partial charge in [-0.25, -0.2) is 0 Å². The number of aromatic nitrogens is 1. The smallest absolute Gasteiger partial charge is 0.0648 e. The van der Waals surface area contributed by atoms with Crippen LogP contribution < -0.4 is 4.90 Å². The molecule has 20 heavy (non-hydrogen) atoms. The molecule has 2 aliphatic rings. The Kier molecular flexibility index (Phi) is 4.79. The first-order chi connectivity index (χ1) is 9.85. The molecular weight excluding hydrogens is 270 g/mol. The first kappa shape index (κ1) is 14.2. The Morgan fingerprint density at radius 2 is 1.90 bits per heavy atom. The number of alkyl halides is 1. The van der Waals surface area contributed by atoms with Crippen LogP contribution in [0.2, 0.25) is 0 Å². The van der Waals surface area contributed by atoms with Gasteiger partial charge in [0.25, 0.3) is 0 Å². The Bertz CT molecular complexity index is 423. The van der Waals surface area contributed by atoms with Crippen LogP contribution in [0.4, 0.5) is 5.69 Å². The van der Waals surface area contributed by atoms with Gasteiger partial charge in [0, 0.05) is 31.5 Å². The quantitative estimate of drug-likeness (QED) is 0.795. The summed E-state index contributed by atoms with van der Waals surface area (Å²) in [5, 5.41) is 0. The lowest BCUT2D eigenvalue weighted by molar-refractivity contribution is 0.249. The average molecular weight is 294 g/mol. The first-order valence-corrected chi connectivity index (χ1v) is 8.37. The minimum Gasteiger partial charge on any atom is -0.371 e. The van der Waals surface area contributed by atoms with Crippen LogP contribution in [0.5, 0.6) is 0 Å². The Morgan fingerprint density at radius 1 is 1.15 bits per heavy atom. The van der Waals surface area contributed by atoms with E-state index in [0.717, 1.165) is 11.6 Å².